The molecule has 0 bridgehead atoms. The molecular formula is C14H18N6O2. The first-order chi connectivity index (χ1) is 10.8. The van der Waals surface area contributed by atoms with E-state index in [4.69, 9.17) is 4.74 Å². The summed E-state index contributed by atoms with van der Waals surface area (Å²) in [6.45, 7) is 3.48. The van der Waals surface area contributed by atoms with Crippen LogP contribution in [0.5, 0.6) is 0 Å². The molecule has 1 amide bonds. The molecule has 0 spiro atoms. The highest BCUT2D eigenvalue weighted by atomic mass is 16.5. The number of ether oxygens (including phenoxy) is 1. The minimum atomic E-state index is -0.309. The lowest BCUT2D eigenvalue weighted by atomic mass is 10.2. The van der Waals surface area contributed by atoms with E-state index in [0.29, 0.717) is 31.2 Å². The molecule has 1 aliphatic heterocycles. The third-order valence-electron chi connectivity index (χ3n) is 3.46. The predicted molar refractivity (Wildman–Crippen MR) is 77.0 cm³/mol. The SMILES string of the molecule is CCCc1nc([C@@H]2CN(C(=O)c3cnccn3)CCO2)n[nH]1. The Morgan fingerprint density at radius 1 is 1.50 bits per heavy atom. The van der Waals surface area contributed by atoms with Gasteiger partial charge in [-0.05, 0) is 6.42 Å². The number of hydrogen-bond donors (Lipinski definition) is 1. The van der Waals surface area contributed by atoms with E-state index in [1.54, 1.807) is 11.1 Å². The highest BCUT2D eigenvalue weighted by Crippen LogP contribution is 2.20. The molecule has 3 heterocycles. The third-order valence-corrected chi connectivity index (χ3v) is 3.46. The third kappa shape index (κ3) is 3.11. The van der Waals surface area contributed by atoms with Gasteiger partial charge in [0.05, 0.1) is 19.3 Å². The van der Waals surface area contributed by atoms with Crippen molar-refractivity contribution in [3.05, 3.63) is 35.9 Å². The molecule has 3 rings (SSSR count). The number of aromatic nitrogens is 5. The zero-order valence-electron chi connectivity index (χ0n) is 12.4. The van der Waals surface area contributed by atoms with Crippen LogP contribution in [0.25, 0.3) is 0 Å². The molecule has 0 radical (unpaired) electrons. The number of amides is 1. The van der Waals surface area contributed by atoms with Gasteiger partial charge in [0.1, 0.15) is 17.6 Å². The second-order valence-electron chi connectivity index (χ2n) is 5.09. The maximum Gasteiger partial charge on any atom is 0.274 e. The molecule has 0 aliphatic carbocycles. The molecule has 1 saturated heterocycles. The summed E-state index contributed by atoms with van der Waals surface area (Å²) in [4.78, 5) is 26.5. The molecule has 0 aromatic carbocycles. The van der Waals surface area contributed by atoms with Crippen LogP contribution in [0.4, 0.5) is 0 Å². The number of nitrogens with zero attached hydrogens (tertiary/aromatic N) is 5. The molecule has 116 valence electrons. The van der Waals surface area contributed by atoms with Crippen molar-refractivity contribution in [3.8, 4) is 0 Å². The average molecular weight is 302 g/mol. The summed E-state index contributed by atoms with van der Waals surface area (Å²) >= 11 is 0. The molecule has 8 nitrogen and oxygen atoms in total. The van der Waals surface area contributed by atoms with Gasteiger partial charge in [-0.15, -0.1) is 0 Å². The van der Waals surface area contributed by atoms with Gasteiger partial charge in [-0.25, -0.2) is 9.97 Å². The molecule has 2 aromatic heterocycles. The number of morpholine rings is 1. The van der Waals surface area contributed by atoms with Crippen LogP contribution in [0.2, 0.25) is 0 Å². The minimum Gasteiger partial charge on any atom is -0.366 e. The van der Waals surface area contributed by atoms with Gasteiger partial charge < -0.3 is 9.64 Å². The lowest BCUT2D eigenvalue weighted by molar-refractivity contribution is -0.0268. The van der Waals surface area contributed by atoms with Gasteiger partial charge in [0.2, 0.25) is 0 Å². The Bertz CT molecular complexity index is 629. The van der Waals surface area contributed by atoms with Crippen molar-refractivity contribution in [3.63, 3.8) is 0 Å². The molecule has 0 saturated carbocycles. The van der Waals surface area contributed by atoms with Gasteiger partial charge in [-0.3, -0.25) is 14.9 Å². The van der Waals surface area contributed by atoms with E-state index < -0.39 is 0 Å². The van der Waals surface area contributed by atoms with Crippen LogP contribution in [0.15, 0.2) is 18.6 Å². The summed E-state index contributed by atoms with van der Waals surface area (Å²) in [6, 6.07) is 0. The number of aromatic amines is 1. The number of nitrogens with one attached hydrogen (secondary N) is 1. The highest BCUT2D eigenvalue weighted by Gasteiger charge is 2.29. The lowest BCUT2D eigenvalue weighted by Gasteiger charge is -2.31. The fraction of sp³-hybridized carbons (Fsp3) is 0.500. The Hall–Kier alpha value is -2.35. The van der Waals surface area contributed by atoms with E-state index >= 15 is 0 Å². The minimum absolute atomic E-state index is 0.147. The van der Waals surface area contributed by atoms with Crippen LogP contribution in [-0.2, 0) is 11.2 Å². The van der Waals surface area contributed by atoms with E-state index in [0.717, 1.165) is 18.7 Å². The normalized spacial score (nSPS) is 18.4. The van der Waals surface area contributed by atoms with E-state index in [-0.39, 0.29) is 12.0 Å². The Morgan fingerprint density at radius 2 is 2.41 bits per heavy atom. The molecule has 8 heteroatoms. The van der Waals surface area contributed by atoms with Crippen LogP contribution in [0, 0.1) is 0 Å². The summed E-state index contributed by atoms with van der Waals surface area (Å²) in [7, 11) is 0. The van der Waals surface area contributed by atoms with Gasteiger partial charge >= 0.3 is 0 Å². The van der Waals surface area contributed by atoms with Crippen molar-refractivity contribution in [1.29, 1.82) is 0 Å². The molecular weight excluding hydrogens is 284 g/mol. The monoisotopic (exact) mass is 302 g/mol. The second kappa shape index (κ2) is 6.61. The van der Waals surface area contributed by atoms with Gasteiger partial charge in [0.25, 0.3) is 5.91 Å². The van der Waals surface area contributed by atoms with Crippen molar-refractivity contribution in [2.45, 2.75) is 25.9 Å². The van der Waals surface area contributed by atoms with Gasteiger partial charge in [0.15, 0.2) is 5.82 Å². The van der Waals surface area contributed by atoms with Crippen molar-refractivity contribution < 1.29 is 9.53 Å². The number of hydrogen-bond acceptors (Lipinski definition) is 6. The van der Waals surface area contributed by atoms with Crippen LogP contribution in [0.1, 0.15) is 41.6 Å². The molecule has 1 fully saturated rings. The topological polar surface area (TPSA) is 96.9 Å². The van der Waals surface area contributed by atoms with E-state index in [1.165, 1.54) is 12.4 Å². The lowest BCUT2D eigenvalue weighted by Crippen LogP contribution is -2.42. The first kappa shape index (κ1) is 14.6. The first-order valence-electron chi connectivity index (χ1n) is 7.36. The molecule has 1 N–H and O–H groups in total. The summed E-state index contributed by atoms with van der Waals surface area (Å²) in [5.74, 6) is 1.30. The molecule has 0 unspecified atom stereocenters. The Morgan fingerprint density at radius 3 is 3.18 bits per heavy atom. The van der Waals surface area contributed by atoms with Gasteiger partial charge in [-0.2, -0.15) is 5.10 Å². The van der Waals surface area contributed by atoms with Crippen LogP contribution < -0.4 is 0 Å². The Kier molecular flexibility index (Phi) is 4.38. The van der Waals surface area contributed by atoms with Crippen molar-refractivity contribution in [2.24, 2.45) is 0 Å². The summed E-state index contributed by atoms with van der Waals surface area (Å²) in [5.41, 5.74) is 0.338. The summed E-state index contributed by atoms with van der Waals surface area (Å²) in [5, 5.41) is 7.11. The highest BCUT2D eigenvalue weighted by molar-refractivity contribution is 5.92. The van der Waals surface area contributed by atoms with E-state index in [2.05, 4.69) is 32.1 Å². The number of rotatable bonds is 4. The van der Waals surface area contributed by atoms with Crippen molar-refractivity contribution in [1.82, 2.24) is 30.0 Å². The number of aryl methyl sites for hydroxylation is 1. The Balaban J connectivity index is 1.69. The zero-order valence-corrected chi connectivity index (χ0v) is 12.4. The largest absolute Gasteiger partial charge is 0.366 e. The van der Waals surface area contributed by atoms with Crippen LogP contribution in [-0.4, -0.2) is 55.7 Å². The van der Waals surface area contributed by atoms with Crippen molar-refractivity contribution in [2.75, 3.05) is 19.7 Å². The summed E-state index contributed by atoms with van der Waals surface area (Å²) < 4.78 is 5.70. The van der Waals surface area contributed by atoms with Gasteiger partial charge in [-0.1, -0.05) is 6.92 Å². The fourth-order valence-electron chi connectivity index (χ4n) is 2.36. The smallest absolute Gasteiger partial charge is 0.274 e. The summed E-state index contributed by atoms with van der Waals surface area (Å²) in [6.07, 6.45) is 6.06. The molecule has 22 heavy (non-hydrogen) atoms. The predicted octanol–water partition coefficient (Wildman–Crippen LogP) is 0.761. The molecule has 1 aliphatic rings. The van der Waals surface area contributed by atoms with E-state index in [9.17, 15) is 4.79 Å². The van der Waals surface area contributed by atoms with E-state index in [1.807, 2.05) is 0 Å². The average Bonchev–Trinajstić information content (AvgIpc) is 3.04. The van der Waals surface area contributed by atoms with Crippen LogP contribution in [0.3, 0.4) is 0 Å². The molecule has 2 aromatic rings. The maximum atomic E-state index is 12.4. The number of carbonyl (C=O) groups excluding carboxylic acids is 1. The fourth-order valence-corrected chi connectivity index (χ4v) is 2.36. The van der Waals surface area contributed by atoms with Crippen molar-refractivity contribution >= 4 is 5.91 Å². The maximum absolute atomic E-state index is 12.4. The first-order valence-corrected chi connectivity index (χ1v) is 7.36. The van der Waals surface area contributed by atoms with Crippen LogP contribution >= 0.6 is 0 Å². The Labute approximate surface area is 127 Å². The zero-order chi connectivity index (χ0) is 15.4. The number of H-pyrrole nitrogens is 1. The van der Waals surface area contributed by atoms with Gasteiger partial charge in [0, 0.05) is 25.4 Å². The standard InChI is InChI=1S/C14H18N6O2/c1-2-3-12-17-13(19-18-12)11-9-20(6-7-22-11)14(21)10-8-15-4-5-16-10/h4-5,8,11H,2-3,6-7,9H2,1H3,(H,17,18,19)/t11-/m0/s1. The number of carbonyl (C=O) groups is 1. The quantitative estimate of drug-likeness (QED) is 0.895. The second-order valence-corrected chi connectivity index (χ2v) is 5.09. The molecule has 1 atom stereocenters.